The lowest BCUT2D eigenvalue weighted by atomic mass is 9.90. The summed E-state index contributed by atoms with van der Waals surface area (Å²) in [7, 11) is 0. The van der Waals surface area contributed by atoms with Gasteiger partial charge in [0, 0.05) is 16.4 Å². The van der Waals surface area contributed by atoms with Gasteiger partial charge in [0.05, 0.1) is 51.2 Å². The number of hydrogen-bond acceptors (Lipinski definition) is 9. The predicted molar refractivity (Wildman–Crippen MR) is 204 cm³/mol. The van der Waals surface area contributed by atoms with E-state index in [0.29, 0.717) is 31.3 Å². The summed E-state index contributed by atoms with van der Waals surface area (Å²) in [6.07, 6.45) is -1.37. The fraction of sp³-hybridized carbons (Fsp3) is 0.333. The summed E-state index contributed by atoms with van der Waals surface area (Å²) in [6.45, 7) is 5.87. The first-order chi connectivity index (χ1) is 25.1. The molecule has 0 aromatic heterocycles. The summed E-state index contributed by atoms with van der Waals surface area (Å²) in [4.78, 5) is 1.57. The van der Waals surface area contributed by atoms with Gasteiger partial charge in [-0.3, -0.25) is 0 Å². The van der Waals surface area contributed by atoms with Crippen LogP contribution in [0, 0.1) is 0 Å². The maximum atomic E-state index is 13.1. The zero-order valence-corrected chi connectivity index (χ0v) is 30.4. The molecule has 1 saturated heterocycles. The van der Waals surface area contributed by atoms with Crippen molar-refractivity contribution < 1.29 is 33.5 Å². The average Bonchev–Trinajstić information content (AvgIpc) is 3.18. The van der Waals surface area contributed by atoms with Crippen LogP contribution in [0.1, 0.15) is 22.3 Å². The fourth-order valence-electron chi connectivity index (χ4n) is 6.14. The molecule has 0 spiro atoms. The van der Waals surface area contributed by atoms with Gasteiger partial charge in [0.15, 0.2) is 0 Å². The quantitative estimate of drug-likeness (QED) is 0.0813. The molecule has 1 fully saturated rings. The highest BCUT2D eigenvalue weighted by molar-refractivity contribution is 8.10. The Morgan fingerprint density at radius 2 is 1.12 bits per heavy atom. The topological polar surface area (TPSA) is 75.6 Å². The molecule has 0 bridgehead atoms. The van der Waals surface area contributed by atoms with Crippen molar-refractivity contribution in [2.24, 2.45) is 0 Å². The summed E-state index contributed by atoms with van der Waals surface area (Å²) in [5.74, 6) is -0.220. The van der Waals surface area contributed by atoms with Gasteiger partial charge < -0.3 is 33.5 Å². The van der Waals surface area contributed by atoms with Crippen LogP contribution in [-0.2, 0) is 54.8 Å². The molecule has 6 rings (SSSR count). The number of hydrogen-bond donors (Lipinski definition) is 1. The van der Waals surface area contributed by atoms with Crippen molar-refractivity contribution in [3.05, 3.63) is 166 Å². The first-order valence-corrected chi connectivity index (χ1v) is 19.3. The number of benzene rings is 4. The van der Waals surface area contributed by atoms with Gasteiger partial charge in [-0.05, 0) is 22.3 Å². The Balaban J connectivity index is 1.40. The zero-order valence-electron chi connectivity index (χ0n) is 28.7. The van der Waals surface area contributed by atoms with Crippen molar-refractivity contribution in [3.63, 3.8) is 0 Å². The van der Waals surface area contributed by atoms with Gasteiger partial charge in [0.1, 0.15) is 24.4 Å². The first-order valence-electron chi connectivity index (χ1n) is 17.3. The standard InChI is InChI=1S/C42H46O7S2/c1-2-23-44-31-37-41(51-25-24-50-37)42(43)40(48-29-35-21-13-6-14-22-35)39(47-28-34-19-11-5-12-20-34)38(46-27-33-17-9-4-10-18-33)36(49-42)30-45-26-32-15-7-3-8-16-32/h2-22,36,38-40,43H,1,23-31H2/t36-,38+,39+,40-,42-/m1/s1. The largest absolute Gasteiger partial charge is 0.374 e. The maximum Gasteiger partial charge on any atom is 0.229 e. The molecule has 0 amide bonds. The van der Waals surface area contributed by atoms with Gasteiger partial charge in [-0.15, -0.1) is 30.1 Å². The Hall–Kier alpha value is -3.22. The van der Waals surface area contributed by atoms with Crippen molar-refractivity contribution in [1.29, 1.82) is 0 Å². The third kappa shape index (κ3) is 10.4. The van der Waals surface area contributed by atoms with Crippen LogP contribution in [0.3, 0.4) is 0 Å². The number of rotatable bonds is 18. The van der Waals surface area contributed by atoms with Crippen LogP contribution in [0.2, 0.25) is 0 Å². The SMILES string of the molecule is C=CCOCC1=C([C@]2(O)O[C@H](COCc3ccccc3)[C@H](OCc3ccccc3)[C@H](OCc3ccccc3)[C@H]2OCc2ccccc2)SCCS1. The van der Waals surface area contributed by atoms with E-state index in [9.17, 15) is 5.11 Å². The van der Waals surface area contributed by atoms with Crippen LogP contribution >= 0.6 is 23.5 Å². The molecule has 2 aliphatic rings. The second-order valence-electron chi connectivity index (χ2n) is 12.3. The minimum absolute atomic E-state index is 0.153. The Morgan fingerprint density at radius 3 is 1.67 bits per heavy atom. The van der Waals surface area contributed by atoms with Crippen LogP contribution in [-0.4, -0.2) is 66.6 Å². The van der Waals surface area contributed by atoms with E-state index in [2.05, 4.69) is 6.58 Å². The molecule has 1 N–H and O–H groups in total. The van der Waals surface area contributed by atoms with Crippen LogP contribution in [0.15, 0.2) is 144 Å². The Labute approximate surface area is 310 Å². The van der Waals surface area contributed by atoms with E-state index >= 15 is 0 Å². The molecule has 0 saturated carbocycles. The van der Waals surface area contributed by atoms with Gasteiger partial charge in [-0.1, -0.05) is 127 Å². The number of ether oxygens (including phenoxy) is 6. The highest BCUT2D eigenvalue weighted by atomic mass is 32.2. The second-order valence-corrected chi connectivity index (χ2v) is 14.6. The van der Waals surface area contributed by atoms with Crippen LogP contribution in [0.5, 0.6) is 0 Å². The van der Waals surface area contributed by atoms with Gasteiger partial charge in [0.25, 0.3) is 0 Å². The number of thioether (sulfide) groups is 2. The lowest BCUT2D eigenvalue weighted by Gasteiger charge is -2.51. The summed E-state index contributed by atoms with van der Waals surface area (Å²) in [5.41, 5.74) is 4.00. The van der Waals surface area contributed by atoms with E-state index in [-0.39, 0.29) is 19.8 Å². The van der Waals surface area contributed by atoms with E-state index in [0.717, 1.165) is 38.7 Å². The lowest BCUT2D eigenvalue weighted by Crippen LogP contribution is -2.67. The Kier molecular flexibility index (Phi) is 14.4. The monoisotopic (exact) mass is 726 g/mol. The summed E-state index contributed by atoms with van der Waals surface area (Å²) in [5, 5.41) is 13.1. The molecule has 2 aliphatic heterocycles. The second kappa shape index (κ2) is 19.6. The van der Waals surface area contributed by atoms with Gasteiger partial charge in [0.2, 0.25) is 5.79 Å². The molecule has 0 unspecified atom stereocenters. The summed E-state index contributed by atoms with van der Waals surface area (Å²) >= 11 is 3.24. The molecular formula is C42H46O7S2. The summed E-state index contributed by atoms with van der Waals surface area (Å²) < 4.78 is 39.6. The van der Waals surface area contributed by atoms with E-state index in [1.807, 2.05) is 121 Å². The smallest absolute Gasteiger partial charge is 0.229 e. The third-order valence-electron chi connectivity index (χ3n) is 8.60. The molecule has 51 heavy (non-hydrogen) atoms. The first kappa shape index (κ1) is 37.5. The highest BCUT2D eigenvalue weighted by Crippen LogP contribution is 2.48. The molecule has 2 heterocycles. The van der Waals surface area contributed by atoms with E-state index in [4.69, 9.17) is 28.4 Å². The molecular weight excluding hydrogens is 681 g/mol. The third-order valence-corrected chi connectivity index (χ3v) is 11.3. The van der Waals surface area contributed by atoms with Crippen LogP contribution in [0.25, 0.3) is 0 Å². The lowest BCUT2D eigenvalue weighted by molar-refractivity contribution is -0.353. The Bertz CT molecular complexity index is 1640. The molecule has 4 aromatic rings. The minimum atomic E-state index is -1.89. The van der Waals surface area contributed by atoms with Crippen molar-refractivity contribution in [2.75, 3.05) is 31.3 Å². The Morgan fingerprint density at radius 1 is 0.627 bits per heavy atom. The van der Waals surface area contributed by atoms with Crippen molar-refractivity contribution in [3.8, 4) is 0 Å². The molecule has 7 nitrogen and oxygen atoms in total. The van der Waals surface area contributed by atoms with Crippen molar-refractivity contribution >= 4 is 23.5 Å². The summed E-state index contributed by atoms with van der Waals surface area (Å²) in [6, 6.07) is 40.0. The van der Waals surface area contributed by atoms with Gasteiger partial charge in [-0.25, -0.2) is 0 Å². The highest BCUT2D eigenvalue weighted by Gasteiger charge is 2.59. The maximum absolute atomic E-state index is 13.1. The number of aliphatic hydroxyl groups is 1. The van der Waals surface area contributed by atoms with Crippen LogP contribution in [0.4, 0.5) is 0 Å². The van der Waals surface area contributed by atoms with E-state index < -0.39 is 30.2 Å². The van der Waals surface area contributed by atoms with Crippen LogP contribution < -0.4 is 0 Å². The molecule has 5 atom stereocenters. The zero-order chi connectivity index (χ0) is 35.1. The van der Waals surface area contributed by atoms with E-state index in [1.165, 1.54) is 0 Å². The van der Waals surface area contributed by atoms with Crippen molar-refractivity contribution in [1.82, 2.24) is 0 Å². The van der Waals surface area contributed by atoms with Gasteiger partial charge >= 0.3 is 0 Å². The van der Waals surface area contributed by atoms with Crippen molar-refractivity contribution in [2.45, 2.75) is 56.6 Å². The normalized spacial score (nSPS) is 23.6. The average molecular weight is 727 g/mol. The minimum Gasteiger partial charge on any atom is -0.374 e. The molecule has 9 heteroatoms. The molecule has 268 valence electrons. The van der Waals surface area contributed by atoms with E-state index in [1.54, 1.807) is 29.6 Å². The fourth-order valence-corrected chi connectivity index (χ4v) is 8.64. The van der Waals surface area contributed by atoms with Gasteiger partial charge in [-0.2, -0.15) is 0 Å². The molecule has 0 radical (unpaired) electrons. The molecule has 4 aromatic carbocycles. The molecule has 0 aliphatic carbocycles. The predicted octanol–water partition coefficient (Wildman–Crippen LogP) is 7.94.